The molecule has 0 aromatic heterocycles. The van der Waals surface area contributed by atoms with Crippen LogP contribution in [0, 0.1) is 0 Å². The first-order valence-corrected chi connectivity index (χ1v) is 8.45. The van der Waals surface area contributed by atoms with Crippen LogP contribution in [-0.2, 0) is 11.1 Å². The first kappa shape index (κ1) is 16.8. The third-order valence-corrected chi connectivity index (χ3v) is 4.07. The first-order chi connectivity index (χ1) is 12.1. The van der Waals surface area contributed by atoms with Crippen LogP contribution in [-0.4, -0.2) is 8.76 Å². The predicted molar refractivity (Wildman–Crippen MR) is 97.3 cm³/mol. The minimum Gasteiger partial charge on any atom is -0.452 e. The summed E-state index contributed by atoms with van der Waals surface area (Å²) < 4.78 is 33.0. The Hall–Kier alpha value is -3.03. The Balaban J connectivity index is 2.14. The maximum absolute atomic E-state index is 11.8. The molecule has 6 nitrogen and oxygen atoms in total. The molecule has 0 fully saturated rings. The summed E-state index contributed by atoms with van der Waals surface area (Å²) in [5.41, 5.74) is 12.2. The number of nitrogens with two attached hydrogens (primary N) is 2. The highest BCUT2D eigenvalue weighted by atomic mass is 32.2. The van der Waals surface area contributed by atoms with E-state index < -0.39 is 11.1 Å². The van der Waals surface area contributed by atoms with Gasteiger partial charge in [-0.25, -0.2) is 4.21 Å². The Kier molecular flexibility index (Phi) is 4.87. The maximum atomic E-state index is 11.8. The van der Waals surface area contributed by atoms with Crippen molar-refractivity contribution < 1.29 is 18.2 Å². The highest BCUT2D eigenvalue weighted by Gasteiger charge is 2.22. The zero-order valence-corrected chi connectivity index (χ0v) is 13.9. The summed E-state index contributed by atoms with van der Waals surface area (Å²) in [6.07, 6.45) is 0. The molecule has 0 bridgehead atoms. The topological polar surface area (TPSA) is 108 Å². The standard InChI is InChI=1S/C18H16N2O4S/c19-14-11-15(25(21)22)17(23-12-7-3-1-4-8-12)18(16(14)20)24-13-9-5-2-6-10-13/h1-11H,19-20H2,(H,21,22). The van der Waals surface area contributed by atoms with Crippen molar-refractivity contribution in [2.24, 2.45) is 0 Å². The average molecular weight is 356 g/mol. The van der Waals surface area contributed by atoms with Crippen molar-refractivity contribution in [1.82, 2.24) is 0 Å². The van der Waals surface area contributed by atoms with Crippen molar-refractivity contribution in [2.75, 3.05) is 11.5 Å². The van der Waals surface area contributed by atoms with Crippen LogP contribution in [0.2, 0.25) is 0 Å². The van der Waals surface area contributed by atoms with Gasteiger partial charge in [-0.05, 0) is 30.3 Å². The van der Waals surface area contributed by atoms with Gasteiger partial charge >= 0.3 is 0 Å². The van der Waals surface area contributed by atoms with Crippen molar-refractivity contribution in [1.29, 1.82) is 0 Å². The predicted octanol–water partition coefficient (Wildman–Crippen LogP) is 4.02. The van der Waals surface area contributed by atoms with E-state index in [9.17, 15) is 8.76 Å². The van der Waals surface area contributed by atoms with Crippen molar-refractivity contribution in [3.05, 3.63) is 66.7 Å². The molecule has 3 aromatic rings. The fourth-order valence-corrected chi connectivity index (χ4v) is 2.71. The number of nitrogen functional groups attached to an aromatic ring is 2. The Morgan fingerprint density at radius 3 is 1.76 bits per heavy atom. The average Bonchev–Trinajstić information content (AvgIpc) is 2.62. The van der Waals surface area contributed by atoms with Gasteiger partial charge in [0, 0.05) is 0 Å². The lowest BCUT2D eigenvalue weighted by molar-refractivity contribution is 0.410. The van der Waals surface area contributed by atoms with E-state index in [2.05, 4.69) is 0 Å². The lowest BCUT2D eigenvalue weighted by Gasteiger charge is -2.18. The van der Waals surface area contributed by atoms with Crippen LogP contribution in [0.5, 0.6) is 23.0 Å². The molecule has 1 unspecified atom stereocenters. The summed E-state index contributed by atoms with van der Waals surface area (Å²) in [6.45, 7) is 0. The molecule has 3 rings (SSSR count). The van der Waals surface area contributed by atoms with E-state index in [1.807, 2.05) is 12.1 Å². The van der Waals surface area contributed by atoms with E-state index in [1.54, 1.807) is 48.5 Å². The second-order valence-electron chi connectivity index (χ2n) is 5.12. The first-order valence-electron chi connectivity index (χ1n) is 7.35. The molecule has 0 amide bonds. The highest BCUT2D eigenvalue weighted by Crippen LogP contribution is 2.46. The summed E-state index contributed by atoms with van der Waals surface area (Å²) in [5, 5.41) is 0. The summed E-state index contributed by atoms with van der Waals surface area (Å²) in [6, 6.07) is 19.0. The van der Waals surface area contributed by atoms with Crippen LogP contribution in [0.3, 0.4) is 0 Å². The van der Waals surface area contributed by atoms with Gasteiger partial charge < -0.3 is 25.5 Å². The molecular formula is C18H16N2O4S. The summed E-state index contributed by atoms with van der Waals surface area (Å²) in [4.78, 5) is -0.0264. The number of hydrogen-bond acceptors (Lipinski definition) is 5. The van der Waals surface area contributed by atoms with Crippen molar-refractivity contribution in [3.63, 3.8) is 0 Å². The van der Waals surface area contributed by atoms with E-state index in [-0.39, 0.29) is 27.8 Å². The second-order valence-corrected chi connectivity index (χ2v) is 6.05. The van der Waals surface area contributed by atoms with Gasteiger partial charge in [0.25, 0.3) is 0 Å². The number of hydrogen-bond donors (Lipinski definition) is 3. The van der Waals surface area contributed by atoms with Crippen LogP contribution in [0.15, 0.2) is 71.6 Å². The fraction of sp³-hybridized carbons (Fsp3) is 0. The summed E-state index contributed by atoms with van der Waals surface area (Å²) in [7, 11) is 0. The molecule has 0 heterocycles. The molecule has 25 heavy (non-hydrogen) atoms. The number of ether oxygens (including phenoxy) is 2. The van der Waals surface area contributed by atoms with Gasteiger partial charge in [0.05, 0.1) is 5.69 Å². The molecule has 0 aliphatic rings. The number of rotatable bonds is 5. The molecule has 128 valence electrons. The van der Waals surface area contributed by atoms with E-state index in [0.717, 1.165) is 0 Å². The molecule has 1 atom stereocenters. The van der Waals surface area contributed by atoms with E-state index in [1.165, 1.54) is 6.07 Å². The van der Waals surface area contributed by atoms with Gasteiger partial charge in [-0.3, -0.25) is 0 Å². The molecule has 0 saturated heterocycles. The van der Waals surface area contributed by atoms with Gasteiger partial charge in [-0.1, -0.05) is 36.4 Å². The van der Waals surface area contributed by atoms with Gasteiger partial charge in [0.1, 0.15) is 22.1 Å². The smallest absolute Gasteiger partial charge is 0.196 e. The Bertz CT molecular complexity index is 902. The molecule has 0 aliphatic carbocycles. The molecule has 7 heteroatoms. The molecule has 0 spiro atoms. The molecule has 0 saturated carbocycles. The van der Waals surface area contributed by atoms with E-state index >= 15 is 0 Å². The van der Waals surface area contributed by atoms with Gasteiger partial charge in [0.15, 0.2) is 22.6 Å². The second kappa shape index (κ2) is 7.25. The van der Waals surface area contributed by atoms with Crippen LogP contribution < -0.4 is 20.9 Å². The molecule has 5 N–H and O–H groups in total. The molecular weight excluding hydrogens is 340 g/mol. The fourth-order valence-electron chi connectivity index (χ4n) is 2.19. The third kappa shape index (κ3) is 3.73. The third-order valence-electron chi connectivity index (χ3n) is 3.39. The van der Waals surface area contributed by atoms with Crippen molar-refractivity contribution >= 4 is 22.5 Å². The van der Waals surface area contributed by atoms with E-state index in [0.29, 0.717) is 11.5 Å². The largest absolute Gasteiger partial charge is 0.452 e. The summed E-state index contributed by atoms with van der Waals surface area (Å²) in [5.74, 6) is 1.10. The quantitative estimate of drug-likeness (QED) is 0.471. The van der Waals surface area contributed by atoms with E-state index in [4.69, 9.17) is 20.9 Å². The highest BCUT2D eigenvalue weighted by molar-refractivity contribution is 7.79. The monoisotopic (exact) mass is 356 g/mol. The van der Waals surface area contributed by atoms with Crippen molar-refractivity contribution in [3.8, 4) is 23.0 Å². The number of benzene rings is 3. The lowest BCUT2D eigenvalue weighted by Crippen LogP contribution is -2.04. The zero-order valence-electron chi connectivity index (χ0n) is 13.1. The number of para-hydroxylation sites is 2. The Labute approximate surface area is 147 Å². The maximum Gasteiger partial charge on any atom is 0.196 e. The minimum absolute atomic E-state index is 0.0264. The molecule has 3 aromatic carbocycles. The van der Waals surface area contributed by atoms with Crippen LogP contribution >= 0.6 is 0 Å². The SMILES string of the molecule is Nc1cc(S(=O)O)c(Oc2ccccc2)c(Oc2ccccc2)c1N. The lowest BCUT2D eigenvalue weighted by atomic mass is 10.2. The van der Waals surface area contributed by atoms with Crippen LogP contribution in [0.25, 0.3) is 0 Å². The van der Waals surface area contributed by atoms with Crippen molar-refractivity contribution in [2.45, 2.75) is 4.90 Å². The Morgan fingerprint density at radius 2 is 1.28 bits per heavy atom. The van der Waals surface area contributed by atoms with Gasteiger partial charge in [-0.15, -0.1) is 0 Å². The molecule has 0 radical (unpaired) electrons. The van der Waals surface area contributed by atoms with Gasteiger partial charge in [-0.2, -0.15) is 0 Å². The van der Waals surface area contributed by atoms with Crippen LogP contribution in [0.1, 0.15) is 0 Å². The van der Waals surface area contributed by atoms with Gasteiger partial charge in [0.2, 0.25) is 0 Å². The molecule has 0 aliphatic heterocycles. The minimum atomic E-state index is -2.34. The zero-order chi connectivity index (χ0) is 17.8. The number of anilines is 2. The summed E-state index contributed by atoms with van der Waals surface area (Å²) >= 11 is -2.34. The Morgan fingerprint density at radius 1 is 0.800 bits per heavy atom. The van der Waals surface area contributed by atoms with Crippen LogP contribution in [0.4, 0.5) is 11.4 Å². The normalized spacial score (nSPS) is 11.7.